The predicted octanol–water partition coefficient (Wildman–Crippen LogP) is 10.1. The second-order valence-corrected chi connectivity index (χ2v) is 17.0. The Morgan fingerprint density at radius 1 is 0.918 bits per heavy atom. The van der Waals surface area contributed by atoms with Crippen LogP contribution in [-0.2, 0) is 30.6 Å². The van der Waals surface area contributed by atoms with Crippen LogP contribution in [0.4, 0.5) is 17.6 Å². The summed E-state index contributed by atoms with van der Waals surface area (Å²) >= 11 is 6.39. The fourth-order valence-electron chi connectivity index (χ4n) is 9.04. The number of aliphatic hydroxyl groups excluding tert-OH is 1. The van der Waals surface area contributed by atoms with Crippen molar-refractivity contribution in [3.63, 3.8) is 0 Å². The van der Waals surface area contributed by atoms with E-state index in [-0.39, 0.29) is 54.6 Å². The smallest absolute Gasteiger partial charge is 0.493 e. The van der Waals surface area contributed by atoms with E-state index in [1.54, 1.807) is 24.3 Å². The van der Waals surface area contributed by atoms with Crippen molar-refractivity contribution in [2.75, 3.05) is 20.8 Å². The quantitative estimate of drug-likeness (QED) is 0.0830. The van der Waals surface area contributed by atoms with Gasteiger partial charge >= 0.3 is 6.36 Å². The molecule has 0 heterocycles. The molecule has 4 aromatic rings. The number of Topliss-reactive ketones (excluding diaryl/α,β-unsaturated/α-hetero) is 1. The number of amides is 1. The number of benzene rings is 4. The van der Waals surface area contributed by atoms with Gasteiger partial charge < -0.3 is 29.3 Å². The highest BCUT2D eigenvalue weighted by Gasteiger charge is 2.57. The van der Waals surface area contributed by atoms with Crippen LogP contribution in [0.25, 0.3) is 0 Å². The number of ketones is 1. The van der Waals surface area contributed by atoms with Crippen molar-refractivity contribution in [3.05, 3.63) is 135 Å². The van der Waals surface area contributed by atoms with Crippen LogP contribution in [0.2, 0.25) is 5.02 Å². The van der Waals surface area contributed by atoms with Crippen LogP contribution < -0.4 is 14.2 Å². The van der Waals surface area contributed by atoms with Crippen molar-refractivity contribution in [1.82, 2.24) is 4.90 Å². The van der Waals surface area contributed by atoms with Crippen LogP contribution in [0.1, 0.15) is 96.5 Å². The first-order valence-corrected chi connectivity index (χ1v) is 20.8. The number of aliphatic hydroxyl groups is 2. The third kappa shape index (κ3) is 10.8. The summed E-state index contributed by atoms with van der Waals surface area (Å²) in [4.78, 5) is 30.4. The van der Waals surface area contributed by atoms with Gasteiger partial charge in [-0.25, -0.2) is 4.39 Å². The molecular formula is C48H52ClF4NO7. The van der Waals surface area contributed by atoms with Crippen LogP contribution in [0.5, 0.6) is 17.2 Å². The third-order valence-electron chi connectivity index (χ3n) is 12.5. The third-order valence-corrected chi connectivity index (χ3v) is 12.9. The molecule has 326 valence electrons. The maximum Gasteiger partial charge on any atom is 0.573 e. The van der Waals surface area contributed by atoms with Crippen molar-refractivity contribution in [2.24, 2.45) is 5.41 Å². The monoisotopic (exact) mass is 865 g/mol. The molecule has 1 fully saturated rings. The number of fused-ring (bicyclic) bond motifs is 8. The normalized spacial score (nSPS) is 21.9. The lowest BCUT2D eigenvalue weighted by Gasteiger charge is -2.46. The largest absolute Gasteiger partial charge is 0.573 e. The Bertz CT molecular complexity index is 2230. The highest BCUT2D eigenvalue weighted by molar-refractivity contribution is 6.31. The number of rotatable bonds is 12. The number of hydrogen-bond acceptors (Lipinski definition) is 7. The van der Waals surface area contributed by atoms with Gasteiger partial charge in [0.25, 0.3) is 0 Å². The van der Waals surface area contributed by atoms with E-state index in [0.29, 0.717) is 72.3 Å². The number of carbonyl (C=O) groups is 2. The first-order valence-electron chi connectivity index (χ1n) is 20.4. The van der Waals surface area contributed by atoms with Gasteiger partial charge in [0.1, 0.15) is 11.6 Å². The summed E-state index contributed by atoms with van der Waals surface area (Å²) in [6.45, 7) is 3.83. The minimum atomic E-state index is -4.88. The van der Waals surface area contributed by atoms with Crippen molar-refractivity contribution in [3.8, 4) is 17.2 Å². The molecule has 3 aliphatic carbocycles. The van der Waals surface area contributed by atoms with E-state index < -0.39 is 41.0 Å². The molecule has 61 heavy (non-hydrogen) atoms. The topological polar surface area (TPSA) is 106 Å². The number of carbonyl (C=O) groups excluding carboxylic acids is 2. The van der Waals surface area contributed by atoms with E-state index in [2.05, 4.69) is 10.8 Å². The fraction of sp³-hybridized carbons (Fsp3) is 0.417. The second kappa shape index (κ2) is 19.0. The van der Waals surface area contributed by atoms with Gasteiger partial charge in [0.15, 0.2) is 17.3 Å². The fourth-order valence-corrected chi connectivity index (χ4v) is 9.27. The molecule has 1 amide bonds. The van der Waals surface area contributed by atoms with Gasteiger partial charge in [-0.2, -0.15) is 0 Å². The summed E-state index contributed by atoms with van der Waals surface area (Å²) < 4.78 is 69.0. The molecule has 0 spiro atoms. The summed E-state index contributed by atoms with van der Waals surface area (Å²) in [5.74, 6) is -1.20. The molecule has 1 saturated carbocycles. The Labute approximate surface area is 359 Å². The van der Waals surface area contributed by atoms with Crippen LogP contribution in [-0.4, -0.2) is 65.6 Å². The van der Waals surface area contributed by atoms with Gasteiger partial charge in [0.2, 0.25) is 5.91 Å². The molecule has 0 unspecified atom stereocenters. The summed E-state index contributed by atoms with van der Waals surface area (Å²) in [7, 11) is 2.99. The summed E-state index contributed by atoms with van der Waals surface area (Å²) in [6, 6.07) is 20.2. The predicted molar refractivity (Wildman–Crippen MR) is 225 cm³/mol. The molecule has 7 rings (SSSR count). The number of hydrogen-bond donors (Lipinski definition) is 2. The van der Waals surface area contributed by atoms with Crippen LogP contribution in [0, 0.1) is 11.2 Å². The highest BCUT2D eigenvalue weighted by atomic mass is 35.5. The number of nitrogens with zero attached hydrogens (tertiary/aromatic N) is 1. The standard InChI is InChI=1S/C48H52ClF4NO7/c1-30-7-6-21-46(2)39(36-18-13-32(23-34(55)15-10-30)24-37(36)42(56)27-38-40(49)8-5-9-41(38)50)20-22-47(46,58)29-54(28-31-11-16-35(17-12-31)61-48(51,52)53)45(57)26-33-14-19-43(59-3)44(25-33)60-4/h5,7-9,11-14,16-19,24-25,34,39,55,58H,6,10,15,20-23,26-29H2,1-4H3/t34-,39-,46-,47+/m0/s1. The molecule has 4 atom stereocenters. The molecule has 0 aliphatic heterocycles. The molecule has 8 nitrogen and oxygen atoms in total. The van der Waals surface area contributed by atoms with Crippen LogP contribution >= 0.6 is 11.6 Å². The SMILES string of the molecule is COc1ccc(CC(=O)N(Cc2ccc(OC(F)(F)F)cc2)C[C@]2(O)CC[C@H]3c4ccc(cc4C(=O)Cc4c(F)cccc4Cl)C[C@@H](O)CCC(C)=CCC[C@@]32C)cc1OC. The van der Waals surface area contributed by atoms with E-state index in [9.17, 15) is 33.0 Å². The van der Waals surface area contributed by atoms with Gasteiger partial charge in [0.05, 0.1) is 38.9 Å². The van der Waals surface area contributed by atoms with E-state index in [0.717, 1.165) is 11.1 Å². The maximum absolute atomic E-state index is 15.1. The number of alkyl halides is 3. The highest BCUT2D eigenvalue weighted by Crippen LogP contribution is 2.59. The van der Waals surface area contributed by atoms with Crippen molar-refractivity contribution < 1.29 is 51.6 Å². The molecule has 3 aliphatic rings. The number of ether oxygens (including phenoxy) is 3. The summed E-state index contributed by atoms with van der Waals surface area (Å²) in [6.07, 6.45) is -0.636. The van der Waals surface area contributed by atoms with E-state index in [4.69, 9.17) is 21.1 Å². The molecule has 13 heteroatoms. The zero-order chi connectivity index (χ0) is 44.1. The molecule has 2 bridgehead atoms. The van der Waals surface area contributed by atoms with E-state index in [1.807, 2.05) is 26.0 Å². The first-order chi connectivity index (χ1) is 28.9. The minimum absolute atomic E-state index is 0.0371. The summed E-state index contributed by atoms with van der Waals surface area (Å²) in [5.41, 5.74) is 1.62. The number of halogens is 5. The zero-order valence-electron chi connectivity index (χ0n) is 34.8. The second-order valence-electron chi connectivity index (χ2n) is 16.6. The zero-order valence-corrected chi connectivity index (χ0v) is 35.5. The number of allylic oxidation sites excluding steroid dienone is 2. The molecule has 0 saturated heterocycles. The Morgan fingerprint density at radius 2 is 1.64 bits per heavy atom. The van der Waals surface area contributed by atoms with Gasteiger partial charge in [-0.05, 0) is 123 Å². The Morgan fingerprint density at radius 3 is 2.33 bits per heavy atom. The van der Waals surface area contributed by atoms with E-state index >= 15 is 4.39 Å². The molecule has 2 N–H and O–H groups in total. The van der Waals surface area contributed by atoms with E-state index in [1.165, 1.54) is 61.6 Å². The van der Waals surface area contributed by atoms with Gasteiger partial charge in [0, 0.05) is 34.5 Å². The van der Waals surface area contributed by atoms with Crippen LogP contribution in [0.3, 0.4) is 0 Å². The number of methoxy groups -OCH3 is 2. The van der Waals surface area contributed by atoms with Crippen molar-refractivity contribution >= 4 is 23.3 Å². The first kappa shape index (κ1) is 45.6. The van der Waals surface area contributed by atoms with Gasteiger partial charge in [-0.15, -0.1) is 13.2 Å². The lowest BCUT2D eigenvalue weighted by molar-refractivity contribution is -0.274. The van der Waals surface area contributed by atoms with Gasteiger partial charge in [-0.1, -0.05) is 66.6 Å². The van der Waals surface area contributed by atoms with Crippen molar-refractivity contribution in [1.29, 1.82) is 0 Å². The molecular weight excluding hydrogens is 814 g/mol. The maximum atomic E-state index is 15.1. The molecule has 0 radical (unpaired) electrons. The average molecular weight is 866 g/mol. The van der Waals surface area contributed by atoms with Crippen molar-refractivity contribution in [2.45, 2.75) is 102 Å². The molecule has 0 aromatic heterocycles. The molecule has 4 aromatic carbocycles. The Balaban J connectivity index is 1.41. The summed E-state index contributed by atoms with van der Waals surface area (Å²) in [5, 5.41) is 24.3. The minimum Gasteiger partial charge on any atom is -0.493 e. The average Bonchev–Trinajstić information content (AvgIpc) is 3.46. The van der Waals surface area contributed by atoms with Crippen LogP contribution in [0.15, 0.2) is 90.5 Å². The Kier molecular flexibility index (Phi) is 14.2. The lowest BCUT2D eigenvalue weighted by Crippen LogP contribution is -2.53. The Hall–Kier alpha value is -4.91. The lowest BCUT2D eigenvalue weighted by atomic mass is 9.64. The van der Waals surface area contributed by atoms with Gasteiger partial charge in [-0.3, -0.25) is 9.59 Å².